The van der Waals surface area contributed by atoms with Gasteiger partial charge in [0.15, 0.2) is 5.13 Å². The van der Waals surface area contributed by atoms with Crippen LogP contribution in [-0.2, 0) is 9.59 Å². The third-order valence-corrected chi connectivity index (χ3v) is 7.54. The normalized spacial score (nSPS) is 16.6. The number of hydrogen-bond donors (Lipinski definition) is 1. The van der Waals surface area contributed by atoms with E-state index in [2.05, 4.69) is 11.6 Å². The van der Waals surface area contributed by atoms with Crippen molar-refractivity contribution in [1.82, 2.24) is 4.98 Å². The van der Waals surface area contributed by atoms with Gasteiger partial charge < -0.3 is 14.6 Å². The highest BCUT2D eigenvalue weighted by atomic mass is 32.1. The Hall–Kier alpha value is -4.43. The van der Waals surface area contributed by atoms with E-state index < -0.39 is 17.7 Å². The quantitative estimate of drug-likeness (QED) is 0.119. The Morgan fingerprint density at radius 2 is 1.79 bits per heavy atom. The van der Waals surface area contributed by atoms with Gasteiger partial charge in [-0.25, -0.2) is 4.98 Å². The molecular formula is C31H28N2O5S. The molecule has 198 valence electrons. The lowest BCUT2D eigenvalue weighted by atomic mass is 9.93. The molecule has 0 bridgehead atoms. The minimum Gasteiger partial charge on any atom is -0.507 e. The minimum absolute atomic E-state index is 0.0164. The molecule has 5 rings (SSSR count). The Bertz CT molecular complexity index is 1620. The van der Waals surface area contributed by atoms with Gasteiger partial charge >= 0.3 is 5.91 Å². The molecule has 1 atom stereocenters. The van der Waals surface area contributed by atoms with Crippen molar-refractivity contribution in [3.05, 3.63) is 101 Å². The number of aromatic nitrogens is 1. The number of Topliss-reactive ketones (excluding diaryl/α,β-unsaturated/α-hetero) is 1. The molecule has 0 aliphatic carbocycles. The van der Waals surface area contributed by atoms with Crippen LogP contribution in [0, 0.1) is 13.8 Å². The topological polar surface area (TPSA) is 89.0 Å². The van der Waals surface area contributed by atoms with Crippen molar-refractivity contribution in [1.29, 1.82) is 0 Å². The second-order valence-corrected chi connectivity index (χ2v) is 10.2. The van der Waals surface area contributed by atoms with E-state index >= 15 is 0 Å². The van der Waals surface area contributed by atoms with Crippen molar-refractivity contribution in [2.75, 3.05) is 18.1 Å². The van der Waals surface area contributed by atoms with Crippen LogP contribution >= 0.6 is 11.3 Å². The Morgan fingerprint density at radius 1 is 1.05 bits per heavy atom. The Labute approximate surface area is 230 Å². The van der Waals surface area contributed by atoms with Gasteiger partial charge in [0.2, 0.25) is 0 Å². The molecule has 1 aliphatic rings. The summed E-state index contributed by atoms with van der Waals surface area (Å²) in [6.07, 6.45) is 1.65. The maximum absolute atomic E-state index is 13.6. The van der Waals surface area contributed by atoms with Crippen LogP contribution in [0.3, 0.4) is 0 Å². The van der Waals surface area contributed by atoms with Gasteiger partial charge in [0.05, 0.1) is 28.4 Å². The number of nitrogens with zero attached hydrogens (tertiary/aromatic N) is 2. The number of benzene rings is 3. The Kier molecular flexibility index (Phi) is 7.21. The predicted octanol–water partition coefficient (Wildman–Crippen LogP) is 6.50. The summed E-state index contributed by atoms with van der Waals surface area (Å²) in [6, 6.07) is 17.4. The van der Waals surface area contributed by atoms with E-state index in [1.165, 1.54) is 16.2 Å². The molecule has 1 N–H and O–H groups in total. The third kappa shape index (κ3) is 4.91. The molecule has 7 nitrogen and oxygen atoms in total. The number of ketones is 1. The molecule has 0 spiro atoms. The van der Waals surface area contributed by atoms with Gasteiger partial charge in [-0.2, -0.15) is 0 Å². The highest BCUT2D eigenvalue weighted by Gasteiger charge is 2.48. The van der Waals surface area contributed by atoms with Gasteiger partial charge in [-0.15, -0.1) is 0 Å². The lowest BCUT2D eigenvalue weighted by Gasteiger charge is -2.23. The summed E-state index contributed by atoms with van der Waals surface area (Å²) in [5.74, 6) is -0.409. The summed E-state index contributed by atoms with van der Waals surface area (Å²) in [5.41, 5.74) is 3.56. The summed E-state index contributed by atoms with van der Waals surface area (Å²) >= 11 is 1.29. The van der Waals surface area contributed by atoms with Crippen molar-refractivity contribution in [2.45, 2.75) is 26.8 Å². The fourth-order valence-corrected chi connectivity index (χ4v) is 5.66. The number of aryl methyl sites for hydroxylation is 2. The molecule has 0 radical (unpaired) electrons. The Balaban J connectivity index is 1.68. The SMILES string of the molecule is C=CCOc1ccc(C2/C(=C(\O)c3cc(C)ccc3C)C(=O)C(=O)N2c2nc3ccc(OCC)cc3s2)cc1. The minimum atomic E-state index is -0.884. The molecule has 2 heterocycles. The van der Waals surface area contributed by atoms with Crippen LogP contribution < -0.4 is 14.4 Å². The van der Waals surface area contributed by atoms with Crippen molar-refractivity contribution < 1.29 is 24.2 Å². The fourth-order valence-electron chi connectivity index (χ4n) is 4.64. The van der Waals surface area contributed by atoms with Crippen LogP contribution in [0.15, 0.2) is 78.9 Å². The van der Waals surface area contributed by atoms with Gasteiger partial charge in [-0.3, -0.25) is 14.5 Å². The molecule has 4 aromatic rings. The predicted molar refractivity (Wildman–Crippen MR) is 154 cm³/mol. The number of aliphatic hydroxyl groups is 1. The largest absolute Gasteiger partial charge is 0.507 e. The fraction of sp³-hybridized carbons (Fsp3) is 0.194. The first-order chi connectivity index (χ1) is 18.8. The van der Waals surface area contributed by atoms with E-state index in [0.29, 0.717) is 46.5 Å². The standard InChI is InChI=1S/C31H28N2O5S/c1-5-15-38-21-11-9-20(10-12-21)27-26(28(34)23-16-18(3)7-8-19(23)4)29(35)30(36)33(27)31-32-24-14-13-22(37-6-2)17-25(24)39-31/h5,7-14,16-17,27,34H,1,6,15H2,2-4H3/b28-26+. The zero-order chi connectivity index (χ0) is 27.7. The number of carbonyl (C=O) groups excluding carboxylic acids is 2. The number of thiazole rings is 1. The molecule has 1 aromatic heterocycles. The first-order valence-electron chi connectivity index (χ1n) is 12.6. The highest BCUT2D eigenvalue weighted by Crippen LogP contribution is 2.45. The number of hydrogen-bond acceptors (Lipinski definition) is 7. The van der Waals surface area contributed by atoms with Crippen molar-refractivity contribution in [3.8, 4) is 11.5 Å². The van der Waals surface area contributed by atoms with Gasteiger partial charge in [0, 0.05) is 5.56 Å². The first kappa shape index (κ1) is 26.2. The lowest BCUT2D eigenvalue weighted by molar-refractivity contribution is -0.132. The number of ether oxygens (including phenoxy) is 2. The van der Waals surface area contributed by atoms with E-state index in [9.17, 15) is 14.7 Å². The van der Waals surface area contributed by atoms with Crippen molar-refractivity contribution in [2.24, 2.45) is 0 Å². The number of carbonyl (C=O) groups is 2. The maximum Gasteiger partial charge on any atom is 0.301 e. The summed E-state index contributed by atoms with van der Waals surface area (Å²) in [5, 5.41) is 11.9. The molecule has 1 aliphatic heterocycles. The smallest absolute Gasteiger partial charge is 0.301 e. The number of anilines is 1. The third-order valence-electron chi connectivity index (χ3n) is 6.52. The van der Waals surface area contributed by atoms with E-state index in [0.717, 1.165) is 15.8 Å². The number of amides is 1. The van der Waals surface area contributed by atoms with E-state index in [-0.39, 0.29) is 11.3 Å². The summed E-state index contributed by atoms with van der Waals surface area (Å²) < 4.78 is 12.1. The molecular weight excluding hydrogens is 512 g/mol. The maximum atomic E-state index is 13.6. The molecule has 8 heteroatoms. The Morgan fingerprint density at radius 3 is 2.51 bits per heavy atom. The van der Waals surface area contributed by atoms with Crippen LogP contribution in [-0.4, -0.2) is 35.0 Å². The first-order valence-corrected chi connectivity index (χ1v) is 13.4. The van der Waals surface area contributed by atoms with Gasteiger partial charge in [-0.1, -0.05) is 53.8 Å². The van der Waals surface area contributed by atoms with Crippen molar-refractivity contribution in [3.63, 3.8) is 0 Å². The monoisotopic (exact) mass is 540 g/mol. The van der Waals surface area contributed by atoms with Crippen LogP contribution in [0.4, 0.5) is 5.13 Å². The summed E-state index contributed by atoms with van der Waals surface area (Å²) in [4.78, 5) is 33.2. The van der Waals surface area contributed by atoms with Crippen LogP contribution in [0.1, 0.15) is 35.2 Å². The molecule has 1 fully saturated rings. The average Bonchev–Trinajstić information content (AvgIpc) is 3.46. The van der Waals surface area contributed by atoms with Gasteiger partial charge in [0.1, 0.15) is 23.9 Å². The summed E-state index contributed by atoms with van der Waals surface area (Å²) in [6.45, 7) is 10.2. The van der Waals surface area contributed by atoms with Crippen LogP contribution in [0.25, 0.3) is 16.0 Å². The molecule has 1 amide bonds. The molecule has 1 saturated heterocycles. The lowest BCUT2D eigenvalue weighted by Crippen LogP contribution is -2.29. The molecule has 3 aromatic carbocycles. The summed E-state index contributed by atoms with van der Waals surface area (Å²) in [7, 11) is 0. The average molecular weight is 541 g/mol. The number of rotatable bonds is 8. The zero-order valence-corrected chi connectivity index (χ0v) is 22.7. The van der Waals surface area contributed by atoms with Gasteiger partial charge in [0.25, 0.3) is 5.78 Å². The zero-order valence-electron chi connectivity index (χ0n) is 21.9. The molecule has 0 saturated carbocycles. The van der Waals surface area contributed by atoms with Crippen molar-refractivity contribution >= 4 is 44.1 Å². The van der Waals surface area contributed by atoms with E-state index in [1.54, 1.807) is 30.3 Å². The van der Waals surface area contributed by atoms with E-state index in [1.807, 2.05) is 57.2 Å². The highest BCUT2D eigenvalue weighted by molar-refractivity contribution is 7.22. The second-order valence-electron chi connectivity index (χ2n) is 9.22. The molecule has 39 heavy (non-hydrogen) atoms. The van der Waals surface area contributed by atoms with Crippen LogP contribution in [0.5, 0.6) is 11.5 Å². The van der Waals surface area contributed by atoms with Gasteiger partial charge in [-0.05, 0) is 68.3 Å². The molecule has 1 unspecified atom stereocenters. The number of fused-ring (bicyclic) bond motifs is 1. The second kappa shape index (κ2) is 10.7. The van der Waals surface area contributed by atoms with E-state index in [4.69, 9.17) is 9.47 Å². The van der Waals surface area contributed by atoms with Crippen LogP contribution in [0.2, 0.25) is 0 Å². The number of aliphatic hydroxyl groups excluding tert-OH is 1.